The highest BCUT2D eigenvalue weighted by Gasteiger charge is 2.28. The fraction of sp³-hybridized carbons (Fsp3) is 0.647. The van der Waals surface area contributed by atoms with E-state index in [-0.39, 0.29) is 10.6 Å². The van der Waals surface area contributed by atoms with Crippen LogP contribution in [0.25, 0.3) is 0 Å². The molecular weight excluding hydrogens is 294 g/mol. The highest BCUT2D eigenvalue weighted by atomic mass is 16.6. The van der Waals surface area contributed by atoms with Crippen LogP contribution in [0.2, 0.25) is 0 Å². The Morgan fingerprint density at radius 3 is 2.61 bits per heavy atom. The molecule has 0 aliphatic carbocycles. The summed E-state index contributed by atoms with van der Waals surface area (Å²) in [5.41, 5.74) is 2.03. The Balaban J connectivity index is 1.60. The third kappa shape index (κ3) is 3.64. The van der Waals surface area contributed by atoms with Crippen LogP contribution >= 0.6 is 0 Å². The van der Waals surface area contributed by atoms with Gasteiger partial charge in [-0.15, -0.1) is 0 Å². The lowest BCUT2D eigenvalue weighted by Gasteiger charge is -2.42. The lowest BCUT2D eigenvalue weighted by molar-refractivity contribution is -0.385. The largest absolute Gasteiger partial charge is 0.376 e. The molecule has 1 aromatic rings. The number of aryl methyl sites for hydroxylation is 1. The number of rotatable bonds is 3. The molecule has 0 spiro atoms. The van der Waals surface area contributed by atoms with Gasteiger partial charge in [-0.3, -0.25) is 15.0 Å². The second kappa shape index (κ2) is 6.84. The van der Waals surface area contributed by atoms with Crippen molar-refractivity contribution in [1.82, 2.24) is 4.90 Å². The number of hydrogen-bond acceptors (Lipinski definition) is 5. The first-order valence-electron chi connectivity index (χ1n) is 8.40. The third-order valence-corrected chi connectivity index (χ3v) is 5.00. The molecule has 0 radical (unpaired) electrons. The zero-order valence-corrected chi connectivity index (χ0v) is 13.9. The van der Waals surface area contributed by atoms with Gasteiger partial charge in [-0.1, -0.05) is 0 Å². The molecular formula is C17H25N3O3. The predicted octanol–water partition coefficient (Wildman–Crippen LogP) is 2.59. The summed E-state index contributed by atoms with van der Waals surface area (Å²) >= 11 is 0. The lowest BCUT2D eigenvalue weighted by atomic mass is 10.0. The number of hydrogen-bond donors (Lipinski definition) is 0. The van der Waals surface area contributed by atoms with Crippen LogP contribution in [0, 0.1) is 17.0 Å². The smallest absolute Gasteiger partial charge is 0.272 e. The maximum atomic E-state index is 10.9. The molecule has 2 aliphatic rings. The van der Waals surface area contributed by atoms with E-state index >= 15 is 0 Å². The Morgan fingerprint density at radius 1 is 1.26 bits per heavy atom. The predicted molar refractivity (Wildman–Crippen MR) is 90.1 cm³/mol. The molecule has 2 heterocycles. The monoisotopic (exact) mass is 319 g/mol. The van der Waals surface area contributed by atoms with Crippen LogP contribution in [0.3, 0.4) is 0 Å². The van der Waals surface area contributed by atoms with E-state index in [0.29, 0.717) is 12.1 Å². The molecule has 0 bridgehead atoms. The second-order valence-electron chi connectivity index (χ2n) is 6.62. The van der Waals surface area contributed by atoms with Crippen molar-refractivity contribution >= 4 is 11.4 Å². The Labute approximate surface area is 137 Å². The molecule has 3 rings (SSSR count). The van der Waals surface area contributed by atoms with E-state index in [2.05, 4.69) is 16.7 Å². The van der Waals surface area contributed by atoms with E-state index in [9.17, 15) is 10.1 Å². The van der Waals surface area contributed by atoms with Crippen LogP contribution in [0.5, 0.6) is 0 Å². The number of nitro groups is 1. The van der Waals surface area contributed by atoms with E-state index in [4.69, 9.17) is 4.74 Å². The molecule has 2 fully saturated rings. The SMILES string of the molecule is Cc1cc(N2CCC(N3CCOC(C)C3)CC2)ccc1[N+](=O)[O-]. The van der Waals surface area contributed by atoms with Gasteiger partial charge in [0, 0.05) is 49.5 Å². The van der Waals surface area contributed by atoms with Crippen molar-refractivity contribution in [3.8, 4) is 0 Å². The van der Waals surface area contributed by atoms with Crippen molar-refractivity contribution in [1.29, 1.82) is 0 Å². The zero-order chi connectivity index (χ0) is 16.4. The van der Waals surface area contributed by atoms with Crippen LogP contribution in [0.1, 0.15) is 25.3 Å². The maximum Gasteiger partial charge on any atom is 0.272 e. The number of ether oxygens (including phenoxy) is 1. The number of nitrogens with zero attached hydrogens (tertiary/aromatic N) is 3. The van der Waals surface area contributed by atoms with Gasteiger partial charge in [-0.25, -0.2) is 0 Å². The highest BCUT2D eigenvalue weighted by Crippen LogP contribution is 2.28. The minimum Gasteiger partial charge on any atom is -0.376 e. The van der Waals surface area contributed by atoms with Crippen LogP contribution in [-0.4, -0.2) is 54.8 Å². The van der Waals surface area contributed by atoms with Gasteiger partial charge in [0.05, 0.1) is 17.6 Å². The quantitative estimate of drug-likeness (QED) is 0.633. The van der Waals surface area contributed by atoms with Crippen molar-refractivity contribution in [3.05, 3.63) is 33.9 Å². The first-order valence-corrected chi connectivity index (χ1v) is 8.40. The van der Waals surface area contributed by atoms with Crippen molar-refractivity contribution in [2.45, 2.75) is 38.8 Å². The van der Waals surface area contributed by atoms with Gasteiger partial charge in [0.1, 0.15) is 0 Å². The number of piperidine rings is 1. The van der Waals surface area contributed by atoms with Crippen molar-refractivity contribution < 1.29 is 9.66 Å². The highest BCUT2D eigenvalue weighted by molar-refractivity contribution is 5.55. The molecule has 1 unspecified atom stereocenters. The minimum atomic E-state index is -0.315. The maximum absolute atomic E-state index is 10.9. The molecule has 6 nitrogen and oxygen atoms in total. The fourth-order valence-corrected chi connectivity index (χ4v) is 3.71. The molecule has 23 heavy (non-hydrogen) atoms. The summed E-state index contributed by atoms with van der Waals surface area (Å²) in [6.07, 6.45) is 2.62. The van der Waals surface area contributed by atoms with Gasteiger partial charge in [-0.2, -0.15) is 0 Å². The average molecular weight is 319 g/mol. The summed E-state index contributed by atoms with van der Waals surface area (Å²) in [5.74, 6) is 0. The molecule has 0 aromatic heterocycles. The van der Waals surface area contributed by atoms with Crippen molar-refractivity contribution in [3.63, 3.8) is 0 Å². The van der Waals surface area contributed by atoms with E-state index in [1.807, 2.05) is 19.1 Å². The Hall–Kier alpha value is -1.66. The molecule has 1 aromatic carbocycles. The van der Waals surface area contributed by atoms with Crippen LogP contribution < -0.4 is 4.90 Å². The standard InChI is InChI=1S/C17H25N3O3/c1-13-11-16(3-4-17(13)20(21)22)18-7-5-15(6-8-18)19-9-10-23-14(2)12-19/h3-4,11,14-15H,5-10,12H2,1-2H3. The minimum absolute atomic E-state index is 0.200. The lowest BCUT2D eigenvalue weighted by Crippen LogP contribution is -2.51. The summed E-state index contributed by atoms with van der Waals surface area (Å²) in [7, 11) is 0. The summed E-state index contributed by atoms with van der Waals surface area (Å²) in [4.78, 5) is 15.5. The molecule has 1 atom stereocenters. The van der Waals surface area contributed by atoms with E-state index < -0.39 is 0 Å². The average Bonchev–Trinajstić information content (AvgIpc) is 2.54. The van der Waals surface area contributed by atoms with Gasteiger partial charge in [0.2, 0.25) is 0 Å². The number of nitro benzene ring substituents is 1. The van der Waals surface area contributed by atoms with E-state index in [0.717, 1.165) is 56.9 Å². The van der Waals surface area contributed by atoms with Gasteiger partial charge in [-0.05, 0) is 38.8 Å². The molecule has 2 aliphatic heterocycles. The Morgan fingerprint density at radius 2 is 2.00 bits per heavy atom. The Bertz CT molecular complexity index is 570. The van der Waals surface area contributed by atoms with Crippen LogP contribution in [0.4, 0.5) is 11.4 Å². The first-order chi connectivity index (χ1) is 11.0. The molecule has 2 saturated heterocycles. The summed E-state index contributed by atoms with van der Waals surface area (Å²) in [6, 6.07) is 6.08. The van der Waals surface area contributed by atoms with Crippen LogP contribution in [-0.2, 0) is 4.74 Å². The number of morpholine rings is 1. The second-order valence-corrected chi connectivity index (χ2v) is 6.62. The third-order valence-electron chi connectivity index (χ3n) is 5.00. The van der Waals surface area contributed by atoms with Gasteiger partial charge in [0.15, 0.2) is 0 Å². The number of benzene rings is 1. The molecule has 6 heteroatoms. The summed E-state index contributed by atoms with van der Waals surface area (Å²) in [5, 5.41) is 10.9. The normalized spacial score (nSPS) is 23.9. The topological polar surface area (TPSA) is 58.8 Å². The van der Waals surface area contributed by atoms with Crippen LogP contribution in [0.15, 0.2) is 18.2 Å². The molecule has 126 valence electrons. The van der Waals surface area contributed by atoms with Crippen molar-refractivity contribution in [2.24, 2.45) is 0 Å². The first kappa shape index (κ1) is 16.2. The fourth-order valence-electron chi connectivity index (χ4n) is 3.71. The number of anilines is 1. The van der Waals surface area contributed by atoms with Gasteiger partial charge in [0.25, 0.3) is 5.69 Å². The van der Waals surface area contributed by atoms with E-state index in [1.54, 1.807) is 6.07 Å². The summed E-state index contributed by atoms with van der Waals surface area (Å²) < 4.78 is 5.63. The van der Waals surface area contributed by atoms with Gasteiger partial charge < -0.3 is 9.64 Å². The Kier molecular flexibility index (Phi) is 4.82. The molecule has 0 saturated carbocycles. The zero-order valence-electron chi connectivity index (χ0n) is 13.9. The molecule has 0 amide bonds. The van der Waals surface area contributed by atoms with Crippen molar-refractivity contribution in [2.75, 3.05) is 37.7 Å². The summed E-state index contributed by atoms with van der Waals surface area (Å²) in [6.45, 7) is 8.86. The van der Waals surface area contributed by atoms with Gasteiger partial charge >= 0.3 is 0 Å². The molecule has 0 N–H and O–H groups in total. The van der Waals surface area contributed by atoms with E-state index in [1.165, 1.54) is 0 Å².